The Morgan fingerprint density at radius 3 is 2.50 bits per heavy atom. The number of aldehydes is 1. The van der Waals surface area contributed by atoms with Crippen LogP contribution >= 0.6 is 0 Å². The molecular weight excluding hydrogens is 180 g/mol. The second-order valence-electron chi connectivity index (χ2n) is 4.01. The van der Waals surface area contributed by atoms with Crippen LogP contribution < -0.4 is 0 Å². The van der Waals surface area contributed by atoms with Crippen LogP contribution in [0.5, 0.6) is 0 Å². The maximum absolute atomic E-state index is 11.0. The summed E-state index contributed by atoms with van der Waals surface area (Å²) in [6.07, 6.45) is 2.75. The van der Waals surface area contributed by atoms with Gasteiger partial charge in [0.1, 0.15) is 0 Å². The number of rotatable bonds is 2. The average molecular weight is 196 g/mol. The Balaban J connectivity index is 2.84. The first-order valence-corrected chi connectivity index (χ1v) is 4.80. The van der Waals surface area contributed by atoms with Crippen molar-refractivity contribution in [2.45, 2.75) is 45.6 Å². The molecule has 1 rings (SSSR count). The fourth-order valence-corrected chi connectivity index (χ4v) is 1.80. The average Bonchev–Trinajstić information content (AvgIpc) is 2.11. The molecular formula is C11H16O3. The summed E-state index contributed by atoms with van der Waals surface area (Å²) in [7, 11) is 0. The van der Waals surface area contributed by atoms with Crippen molar-refractivity contribution in [1.29, 1.82) is 0 Å². The highest BCUT2D eigenvalue weighted by atomic mass is 16.6. The van der Waals surface area contributed by atoms with E-state index < -0.39 is 5.60 Å². The highest BCUT2D eigenvalue weighted by molar-refractivity contribution is 5.73. The summed E-state index contributed by atoms with van der Waals surface area (Å²) in [4.78, 5) is 21.8. The van der Waals surface area contributed by atoms with Gasteiger partial charge in [-0.25, -0.2) is 0 Å². The topological polar surface area (TPSA) is 43.4 Å². The number of esters is 1. The van der Waals surface area contributed by atoms with Gasteiger partial charge in [0.25, 0.3) is 0 Å². The number of allylic oxidation sites excluding steroid dienone is 1. The summed E-state index contributed by atoms with van der Waals surface area (Å²) < 4.78 is 5.11. The monoisotopic (exact) mass is 196 g/mol. The number of hydrogen-bond acceptors (Lipinski definition) is 3. The van der Waals surface area contributed by atoms with E-state index in [9.17, 15) is 9.59 Å². The second kappa shape index (κ2) is 3.95. The summed E-state index contributed by atoms with van der Waals surface area (Å²) in [6.45, 7) is 5.37. The Labute approximate surface area is 84.1 Å². The number of hydrogen-bond donors (Lipinski definition) is 0. The van der Waals surface area contributed by atoms with Crippen molar-refractivity contribution in [2.24, 2.45) is 0 Å². The molecule has 0 amide bonds. The Morgan fingerprint density at radius 2 is 2.07 bits per heavy atom. The van der Waals surface area contributed by atoms with Crippen molar-refractivity contribution in [3.8, 4) is 0 Å². The molecule has 3 heteroatoms. The normalized spacial score (nSPS) is 27.4. The van der Waals surface area contributed by atoms with Gasteiger partial charge in [0.05, 0.1) is 0 Å². The minimum Gasteiger partial charge on any atom is -0.451 e. The lowest BCUT2D eigenvalue weighted by atomic mass is 9.82. The zero-order valence-corrected chi connectivity index (χ0v) is 8.92. The molecule has 0 fully saturated rings. The highest BCUT2D eigenvalue weighted by Gasteiger charge is 2.36. The maximum Gasteiger partial charge on any atom is 0.303 e. The molecule has 0 aromatic rings. The molecule has 0 N–H and O–H groups in total. The van der Waals surface area contributed by atoms with Crippen LogP contribution in [0.4, 0.5) is 0 Å². The molecule has 0 radical (unpaired) electrons. The van der Waals surface area contributed by atoms with Crippen molar-refractivity contribution < 1.29 is 14.3 Å². The lowest BCUT2D eigenvalue weighted by molar-refractivity contribution is -0.161. The van der Waals surface area contributed by atoms with Crippen molar-refractivity contribution >= 4 is 12.3 Å². The van der Waals surface area contributed by atoms with E-state index in [0.717, 1.165) is 18.3 Å². The summed E-state index contributed by atoms with van der Waals surface area (Å²) in [6, 6.07) is 0. The third-order valence-electron chi connectivity index (χ3n) is 2.78. The predicted molar refractivity (Wildman–Crippen MR) is 52.8 cm³/mol. The third kappa shape index (κ3) is 2.22. The van der Waals surface area contributed by atoms with Crippen LogP contribution in [-0.4, -0.2) is 17.9 Å². The van der Waals surface area contributed by atoms with Gasteiger partial charge in [0.15, 0.2) is 11.9 Å². The first-order chi connectivity index (χ1) is 6.49. The first kappa shape index (κ1) is 11.0. The minimum atomic E-state index is -0.893. The molecule has 1 aliphatic rings. The van der Waals surface area contributed by atoms with Gasteiger partial charge in [0.2, 0.25) is 0 Å². The van der Waals surface area contributed by atoms with Gasteiger partial charge >= 0.3 is 5.97 Å². The zero-order valence-electron chi connectivity index (χ0n) is 8.92. The smallest absolute Gasteiger partial charge is 0.303 e. The molecule has 0 unspecified atom stereocenters. The lowest BCUT2D eigenvalue weighted by Gasteiger charge is -2.32. The van der Waals surface area contributed by atoms with E-state index >= 15 is 0 Å². The molecule has 1 atom stereocenters. The molecule has 0 saturated heterocycles. The lowest BCUT2D eigenvalue weighted by Crippen LogP contribution is -2.38. The summed E-state index contributed by atoms with van der Waals surface area (Å²) in [5.74, 6) is -0.385. The summed E-state index contributed by atoms with van der Waals surface area (Å²) >= 11 is 0. The number of carbonyl (C=O) groups is 2. The van der Waals surface area contributed by atoms with Crippen molar-refractivity contribution in [1.82, 2.24) is 0 Å². The van der Waals surface area contributed by atoms with Gasteiger partial charge < -0.3 is 4.74 Å². The van der Waals surface area contributed by atoms with Gasteiger partial charge in [-0.05, 0) is 26.7 Å². The van der Waals surface area contributed by atoms with Gasteiger partial charge in [-0.15, -0.1) is 0 Å². The third-order valence-corrected chi connectivity index (χ3v) is 2.78. The molecule has 3 nitrogen and oxygen atoms in total. The predicted octanol–water partition coefficient (Wildman–Crippen LogP) is 2.01. The van der Waals surface area contributed by atoms with E-state index in [1.54, 1.807) is 0 Å². The summed E-state index contributed by atoms with van der Waals surface area (Å²) in [5.41, 5.74) is 1.56. The van der Waals surface area contributed by atoms with Crippen LogP contribution in [0.25, 0.3) is 0 Å². The van der Waals surface area contributed by atoms with Crippen molar-refractivity contribution in [2.75, 3.05) is 0 Å². The molecule has 14 heavy (non-hydrogen) atoms. The fourth-order valence-electron chi connectivity index (χ4n) is 1.80. The van der Waals surface area contributed by atoms with Gasteiger partial charge in [-0.3, -0.25) is 9.59 Å². The van der Waals surface area contributed by atoms with Crippen LogP contribution in [0.15, 0.2) is 11.1 Å². The molecule has 0 aromatic carbocycles. The van der Waals surface area contributed by atoms with E-state index in [1.807, 2.05) is 6.92 Å². The van der Waals surface area contributed by atoms with Crippen molar-refractivity contribution in [3.05, 3.63) is 11.1 Å². The quantitative estimate of drug-likeness (QED) is 0.385. The van der Waals surface area contributed by atoms with E-state index in [-0.39, 0.29) is 5.97 Å². The SMILES string of the molecule is CC(=O)O[C@@]1(C=O)CCC(C)=C(C)C1. The molecule has 0 spiro atoms. The van der Waals surface area contributed by atoms with Gasteiger partial charge in [-0.1, -0.05) is 11.1 Å². The highest BCUT2D eigenvalue weighted by Crippen LogP contribution is 2.33. The zero-order chi connectivity index (χ0) is 10.8. The molecule has 1 aliphatic carbocycles. The minimum absolute atomic E-state index is 0.385. The first-order valence-electron chi connectivity index (χ1n) is 4.80. The largest absolute Gasteiger partial charge is 0.451 e. The Hall–Kier alpha value is -1.12. The molecule has 0 saturated carbocycles. The Bertz CT molecular complexity index is 291. The van der Waals surface area contributed by atoms with E-state index in [4.69, 9.17) is 4.74 Å². The van der Waals surface area contributed by atoms with Crippen LogP contribution in [-0.2, 0) is 14.3 Å². The van der Waals surface area contributed by atoms with E-state index in [0.29, 0.717) is 12.8 Å². The van der Waals surface area contributed by atoms with Crippen LogP contribution in [0.2, 0.25) is 0 Å². The van der Waals surface area contributed by atoms with Crippen LogP contribution in [0.3, 0.4) is 0 Å². The van der Waals surface area contributed by atoms with E-state index in [1.165, 1.54) is 12.5 Å². The molecule has 0 aromatic heterocycles. The number of carbonyl (C=O) groups excluding carboxylic acids is 2. The summed E-state index contributed by atoms with van der Waals surface area (Å²) in [5, 5.41) is 0. The van der Waals surface area contributed by atoms with Gasteiger partial charge in [-0.2, -0.15) is 0 Å². The molecule has 0 heterocycles. The van der Waals surface area contributed by atoms with E-state index in [2.05, 4.69) is 6.92 Å². The van der Waals surface area contributed by atoms with Crippen LogP contribution in [0.1, 0.15) is 40.0 Å². The standard InChI is InChI=1S/C11H16O3/c1-8-4-5-11(7-12,6-9(8)2)14-10(3)13/h7H,4-6H2,1-3H3/t11-/m0/s1. The molecule has 78 valence electrons. The fraction of sp³-hybridized carbons (Fsp3) is 0.636. The Morgan fingerprint density at radius 1 is 1.43 bits per heavy atom. The Kier molecular flexibility index (Phi) is 3.09. The van der Waals surface area contributed by atoms with Gasteiger partial charge in [0, 0.05) is 13.3 Å². The molecule has 0 bridgehead atoms. The van der Waals surface area contributed by atoms with Crippen LogP contribution in [0, 0.1) is 0 Å². The second-order valence-corrected chi connectivity index (χ2v) is 4.01. The molecule has 0 aliphatic heterocycles. The maximum atomic E-state index is 11.0. The number of ether oxygens (including phenoxy) is 1. The van der Waals surface area contributed by atoms with Crippen molar-refractivity contribution in [3.63, 3.8) is 0 Å².